The summed E-state index contributed by atoms with van der Waals surface area (Å²) in [6, 6.07) is 7.56. The smallest absolute Gasteiger partial charge is 0.134 e. The average molecular weight is 221 g/mol. The van der Waals surface area contributed by atoms with Crippen LogP contribution in [-0.2, 0) is 6.42 Å². The van der Waals surface area contributed by atoms with E-state index in [-0.39, 0.29) is 12.1 Å². The molecule has 0 aliphatic heterocycles. The zero-order chi connectivity index (χ0) is 12.1. The van der Waals surface area contributed by atoms with Crippen molar-refractivity contribution < 1.29 is 9.90 Å². The lowest BCUT2D eigenvalue weighted by Crippen LogP contribution is -2.38. The van der Waals surface area contributed by atoms with Gasteiger partial charge in [-0.25, -0.2) is 0 Å². The van der Waals surface area contributed by atoms with Crippen molar-refractivity contribution >= 4 is 6.09 Å². The van der Waals surface area contributed by atoms with Crippen LogP contribution in [-0.4, -0.2) is 12.1 Å². The molecule has 2 atom stereocenters. The van der Waals surface area contributed by atoms with E-state index >= 15 is 0 Å². The van der Waals surface area contributed by atoms with E-state index in [9.17, 15) is 9.90 Å². The second kappa shape index (κ2) is 5.51. The summed E-state index contributed by atoms with van der Waals surface area (Å²) in [5.74, 6) is 0. The van der Waals surface area contributed by atoms with Crippen LogP contribution in [0.3, 0.4) is 0 Å². The van der Waals surface area contributed by atoms with E-state index in [0.29, 0.717) is 0 Å². The van der Waals surface area contributed by atoms with Crippen LogP contribution in [0.4, 0.5) is 4.79 Å². The summed E-state index contributed by atoms with van der Waals surface area (Å²) in [5.41, 5.74) is 7.74. The summed E-state index contributed by atoms with van der Waals surface area (Å²) in [5, 5.41) is 12.7. The van der Waals surface area contributed by atoms with Gasteiger partial charge in [0.05, 0.1) is 0 Å². The number of carbonyl (C=O) groups excluding carboxylic acids is 1. The number of rotatable bonds is 4. The van der Waals surface area contributed by atoms with Crippen molar-refractivity contribution in [1.29, 1.82) is 0 Å². The number of carboxylic acid groups (broad SMARTS) is 1. The third-order valence-corrected chi connectivity index (χ3v) is 2.34. The van der Waals surface area contributed by atoms with E-state index in [4.69, 9.17) is 5.73 Å². The molecule has 16 heavy (non-hydrogen) atoms. The summed E-state index contributed by atoms with van der Waals surface area (Å²) >= 11 is 0. The molecule has 0 aliphatic rings. The fourth-order valence-electron chi connectivity index (χ4n) is 1.62. The molecule has 0 fully saturated rings. The highest BCUT2D eigenvalue weighted by Crippen LogP contribution is 2.14. The Hall–Kier alpha value is -1.55. The number of benzene rings is 1. The summed E-state index contributed by atoms with van der Waals surface area (Å²) in [6.07, 6.45) is -0.476. The third-order valence-electron chi connectivity index (χ3n) is 2.34. The quantitative estimate of drug-likeness (QED) is 0.780. The Balaban J connectivity index is 2.77. The van der Waals surface area contributed by atoms with Gasteiger partial charge in [-0.1, -0.05) is 24.3 Å². The maximum absolute atomic E-state index is 10.4. The highest BCUT2D eigenvalue weighted by molar-refractivity contribution is 5.62. The predicted octanol–water partition coefficient (Wildman–Crippen LogP) is 0.570. The average Bonchev–Trinajstić information content (AvgIpc) is 2.16. The molecule has 0 saturated carbocycles. The second-order valence-electron chi connectivity index (χ2n) is 4.08. The minimum atomic E-state index is -1.26. The Bertz CT molecular complexity index is 364. The molecule has 0 saturated heterocycles. The van der Waals surface area contributed by atoms with Crippen LogP contribution >= 0.6 is 0 Å². The standard InChI is InChI=1S/C12H18N2O2/c1-8(13)6-10-4-3-5-11(7-10)9(2)14-12(15)16/h3-5,7-9,14H,6,13H2,1-2H3,(H,15,16)/p-1/t8-,9+/m0/s1. The Labute approximate surface area is 95.5 Å². The lowest BCUT2D eigenvalue weighted by Gasteiger charge is -2.17. The number of hydrogen-bond acceptors (Lipinski definition) is 3. The van der Waals surface area contributed by atoms with Crippen LogP contribution in [0.15, 0.2) is 24.3 Å². The first kappa shape index (κ1) is 12.5. The maximum Gasteiger partial charge on any atom is 0.134 e. The molecule has 1 rings (SSSR count). The number of amides is 1. The number of carbonyl (C=O) groups is 1. The highest BCUT2D eigenvalue weighted by Gasteiger charge is 2.06. The Kier molecular flexibility index (Phi) is 4.31. The van der Waals surface area contributed by atoms with Gasteiger partial charge in [-0.05, 0) is 31.4 Å². The summed E-state index contributed by atoms with van der Waals surface area (Å²) < 4.78 is 0. The fourth-order valence-corrected chi connectivity index (χ4v) is 1.62. The molecule has 0 unspecified atom stereocenters. The minimum absolute atomic E-state index is 0.0969. The number of hydrogen-bond donors (Lipinski definition) is 2. The maximum atomic E-state index is 10.4. The van der Waals surface area contributed by atoms with Gasteiger partial charge in [-0.3, -0.25) is 0 Å². The topological polar surface area (TPSA) is 78.2 Å². The van der Waals surface area contributed by atoms with Crippen molar-refractivity contribution in [3.63, 3.8) is 0 Å². The van der Waals surface area contributed by atoms with Crippen molar-refractivity contribution in [3.8, 4) is 0 Å². The number of nitrogens with two attached hydrogens (primary N) is 1. The van der Waals surface area contributed by atoms with Crippen molar-refractivity contribution in [2.75, 3.05) is 0 Å². The van der Waals surface area contributed by atoms with Gasteiger partial charge in [0.1, 0.15) is 6.09 Å². The van der Waals surface area contributed by atoms with Crippen LogP contribution < -0.4 is 16.2 Å². The van der Waals surface area contributed by atoms with Gasteiger partial charge in [0, 0.05) is 12.1 Å². The van der Waals surface area contributed by atoms with Crippen molar-refractivity contribution in [1.82, 2.24) is 5.32 Å². The molecule has 0 heterocycles. The Morgan fingerprint density at radius 1 is 1.50 bits per heavy atom. The Morgan fingerprint density at radius 2 is 2.19 bits per heavy atom. The summed E-state index contributed by atoms with van der Waals surface area (Å²) in [6.45, 7) is 3.72. The van der Waals surface area contributed by atoms with Gasteiger partial charge in [0.25, 0.3) is 0 Å². The van der Waals surface area contributed by atoms with Gasteiger partial charge in [0.2, 0.25) is 0 Å². The highest BCUT2D eigenvalue weighted by atomic mass is 16.4. The van der Waals surface area contributed by atoms with Crippen LogP contribution in [0, 0.1) is 0 Å². The van der Waals surface area contributed by atoms with E-state index in [2.05, 4.69) is 5.32 Å². The molecule has 0 radical (unpaired) electrons. The molecule has 4 heteroatoms. The van der Waals surface area contributed by atoms with Crippen molar-refractivity contribution in [2.24, 2.45) is 5.73 Å². The molecule has 0 aliphatic carbocycles. The second-order valence-corrected chi connectivity index (χ2v) is 4.08. The van der Waals surface area contributed by atoms with Gasteiger partial charge in [0.15, 0.2) is 0 Å². The molecule has 1 aromatic carbocycles. The molecule has 0 bridgehead atoms. The first-order valence-electron chi connectivity index (χ1n) is 5.31. The van der Waals surface area contributed by atoms with Crippen LogP contribution in [0.25, 0.3) is 0 Å². The molecular weight excluding hydrogens is 204 g/mol. The lowest BCUT2D eigenvalue weighted by atomic mass is 10.0. The van der Waals surface area contributed by atoms with Crippen LogP contribution in [0.2, 0.25) is 0 Å². The van der Waals surface area contributed by atoms with Gasteiger partial charge < -0.3 is 21.0 Å². The molecule has 1 amide bonds. The fraction of sp³-hybridized carbons (Fsp3) is 0.417. The van der Waals surface area contributed by atoms with Crippen LogP contribution in [0.1, 0.15) is 31.0 Å². The van der Waals surface area contributed by atoms with E-state index in [1.165, 1.54) is 0 Å². The van der Waals surface area contributed by atoms with Gasteiger partial charge >= 0.3 is 0 Å². The zero-order valence-electron chi connectivity index (χ0n) is 9.57. The first-order chi connectivity index (χ1) is 7.49. The van der Waals surface area contributed by atoms with Gasteiger partial charge in [-0.15, -0.1) is 0 Å². The normalized spacial score (nSPS) is 14.2. The van der Waals surface area contributed by atoms with Crippen LogP contribution in [0.5, 0.6) is 0 Å². The third kappa shape index (κ3) is 3.90. The molecule has 0 aromatic heterocycles. The van der Waals surface area contributed by atoms with Crippen molar-refractivity contribution in [2.45, 2.75) is 32.4 Å². The Morgan fingerprint density at radius 3 is 2.75 bits per heavy atom. The predicted molar refractivity (Wildman–Crippen MR) is 60.7 cm³/mol. The largest absolute Gasteiger partial charge is 0.530 e. The SMILES string of the molecule is C[C@H](N)Cc1cccc([C@@H](C)NC(=O)[O-])c1. The minimum Gasteiger partial charge on any atom is -0.530 e. The van der Waals surface area contributed by atoms with E-state index in [1.807, 2.05) is 31.2 Å². The van der Waals surface area contributed by atoms with E-state index in [1.54, 1.807) is 6.92 Å². The molecule has 0 spiro atoms. The van der Waals surface area contributed by atoms with Gasteiger partial charge in [-0.2, -0.15) is 0 Å². The molecular formula is C12H17N2O2-. The molecule has 88 valence electrons. The van der Waals surface area contributed by atoms with E-state index < -0.39 is 6.09 Å². The zero-order valence-corrected chi connectivity index (χ0v) is 9.57. The summed E-state index contributed by atoms with van der Waals surface area (Å²) in [7, 11) is 0. The summed E-state index contributed by atoms with van der Waals surface area (Å²) in [4.78, 5) is 10.4. The molecule has 3 N–H and O–H groups in total. The molecule has 1 aromatic rings. The van der Waals surface area contributed by atoms with E-state index in [0.717, 1.165) is 17.5 Å². The lowest BCUT2D eigenvalue weighted by molar-refractivity contribution is -0.251. The molecule has 4 nitrogen and oxygen atoms in total. The first-order valence-corrected chi connectivity index (χ1v) is 5.31. The van der Waals surface area contributed by atoms with Crippen molar-refractivity contribution in [3.05, 3.63) is 35.4 Å². The monoisotopic (exact) mass is 221 g/mol. The number of nitrogens with one attached hydrogen (secondary N) is 1.